The summed E-state index contributed by atoms with van der Waals surface area (Å²) in [5, 5.41) is 0. The Morgan fingerprint density at radius 1 is 0.656 bits per heavy atom. The molecule has 0 amide bonds. The van der Waals surface area contributed by atoms with Gasteiger partial charge in [0, 0.05) is 6.42 Å². The fourth-order valence-electron chi connectivity index (χ4n) is 3.93. The maximum atomic E-state index is 12.8. The Bertz CT molecular complexity index is 626. The molecule has 0 saturated carbocycles. The Labute approximate surface area is 196 Å². The van der Waals surface area contributed by atoms with E-state index in [9.17, 15) is 9.59 Å². The van der Waals surface area contributed by atoms with Crippen molar-refractivity contribution in [2.45, 2.75) is 124 Å². The molecule has 0 N–H and O–H groups in total. The first-order valence-corrected chi connectivity index (χ1v) is 13.1. The van der Waals surface area contributed by atoms with Gasteiger partial charge in [0.2, 0.25) is 0 Å². The highest BCUT2D eigenvalue weighted by molar-refractivity contribution is 5.77. The second-order valence-corrected chi connectivity index (χ2v) is 8.90. The average molecular weight is 447 g/mol. The first-order chi connectivity index (χ1) is 15.6. The normalized spacial score (nSPS) is 11.8. The molecule has 1 aromatic carbocycles. The molecule has 1 atom stereocenters. The van der Waals surface area contributed by atoms with Gasteiger partial charge in [-0.1, -0.05) is 110 Å². The highest BCUT2D eigenvalue weighted by Gasteiger charge is 2.21. The summed E-state index contributed by atoms with van der Waals surface area (Å²) in [5.41, 5.74) is 0. The topological polar surface area (TPSA) is 52.6 Å². The van der Waals surface area contributed by atoms with Crippen LogP contribution in [0.2, 0.25) is 0 Å². The summed E-state index contributed by atoms with van der Waals surface area (Å²) in [6.45, 7) is 6.51. The Hall–Kier alpha value is -1.84. The summed E-state index contributed by atoms with van der Waals surface area (Å²) >= 11 is 0. The molecule has 0 radical (unpaired) electrons. The van der Waals surface area contributed by atoms with Crippen molar-refractivity contribution in [3.8, 4) is 11.5 Å². The van der Waals surface area contributed by atoms with Crippen molar-refractivity contribution < 1.29 is 19.1 Å². The molecule has 0 fully saturated rings. The zero-order valence-corrected chi connectivity index (χ0v) is 20.8. The molecule has 0 spiro atoms. The van der Waals surface area contributed by atoms with E-state index in [1.54, 1.807) is 24.3 Å². The van der Waals surface area contributed by atoms with E-state index in [-0.39, 0.29) is 17.9 Å². The minimum Gasteiger partial charge on any atom is -0.423 e. The monoisotopic (exact) mass is 446 g/mol. The van der Waals surface area contributed by atoms with Crippen LogP contribution < -0.4 is 9.47 Å². The van der Waals surface area contributed by atoms with Crippen molar-refractivity contribution in [3.63, 3.8) is 0 Å². The number of hydrogen-bond acceptors (Lipinski definition) is 4. The lowest BCUT2D eigenvalue weighted by Crippen LogP contribution is -2.21. The van der Waals surface area contributed by atoms with Gasteiger partial charge in [-0.25, -0.2) is 0 Å². The molecule has 1 unspecified atom stereocenters. The number of hydrogen-bond donors (Lipinski definition) is 0. The SMILES string of the molecule is CCCCCCCCCC(=O)Oc1ccccc1OC(=O)C(CCC)CCCCCCC. The second-order valence-electron chi connectivity index (χ2n) is 8.90. The lowest BCUT2D eigenvalue weighted by Gasteiger charge is -2.16. The average Bonchev–Trinajstić information content (AvgIpc) is 2.79. The summed E-state index contributed by atoms with van der Waals surface area (Å²) in [7, 11) is 0. The largest absolute Gasteiger partial charge is 0.423 e. The molecule has 32 heavy (non-hydrogen) atoms. The predicted molar refractivity (Wildman–Crippen MR) is 132 cm³/mol. The van der Waals surface area contributed by atoms with E-state index in [4.69, 9.17) is 9.47 Å². The third kappa shape index (κ3) is 12.9. The standard InChI is InChI=1S/C28H46O4/c1-4-7-9-11-12-14-16-23-27(29)31-25-21-17-18-22-26(25)32-28(30)24(19-6-3)20-15-13-10-8-5-2/h17-18,21-22,24H,4-16,19-20,23H2,1-3H3. The third-order valence-corrected chi connectivity index (χ3v) is 5.89. The summed E-state index contributed by atoms with van der Waals surface area (Å²) in [6, 6.07) is 7.00. The van der Waals surface area contributed by atoms with Crippen LogP contribution in [-0.4, -0.2) is 11.9 Å². The molecule has 0 bridgehead atoms. The molecule has 1 rings (SSSR count). The quantitative estimate of drug-likeness (QED) is 0.122. The number of unbranched alkanes of at least 4 members (excludes halogenated alkanes) is 10. The third-order valence-electron chi connectivity index (χ3n) is 5.89. The van der Waals surface area contributed by atoms with Crippen LogP contribution in [0.1, 0.15) is 124 Å². The van der Waals surface area contributed by atoms with E-state index < -0.39 is 0 Å². The fourth-order valence-corrected chi connectivity index (χ4v) is 3.93. The van der Waals surface area contributed by atoms with Gasteiger partial charge in [0.25, 0.3) is 0 Å². The minimum absolute atomic E-state index is 0.0990. The predicted octanol–water partition coefficient (Wildman–Crippen LogP) is 8.41. The number of carbonyl (C=O) groups is 2. The molecule has 4 nitrogen and oxygen atoms in total. The number of benzene rings is 1. The first kappa shape index (κ1) is 28.2. The molecule has 0 heterocycles. The zero-order chi connectivity index (χ0) is 23.4. The second kappa shape index (κ2) is 18.7. The van der Waals surface area contributed by atoms with Crippen molar-refractivity contribution in [2.75, 3.05) is 0 Å². The highest BCUT2D eigenvalue weighted by Crippen LogP contribution is 2.29. The van der Waals surface area contributed by atoms with E-state index in [0.29, 0.717) is 17.9 Å². The lowest BCUT2D eigenvalue weighted by molar-refractivity contribution is -0.140. The van der Waals surface area contributed by atoms with Crippen molar-refractivity contribution in [1.29, 1.82) is 0 Å². The van der Waals surface area contributed by atoms with Gasteiger partial charge >= 0.3 is 11.9 Å². The van der Waals surface area contributed by atoms with Crippen molar-refractivity contribution in [3.05, 3.63) is 24.3 Å². The van der Waals surface area contributed by atoms with Gasteiger partial charge in [0.1, 0.15) is 0 Å². The maximum Gasteiger partial charge on any atom is 0.314 e. The maximum absolute atomic E-state index is 12.8. The van der Waals surface area contributed by atoms with Crippen LogP contribution in [0.15, 0.2) is 24.3 Å². The van der Waals surface area contributed by atoms with Crippen LogP contribution in [0.3, 0.4) is 0 Å². The van der Waals surface area contributed by atoms with Gasteiger partial charge in [0.15, 0.2) is 11.5 Å². The van der Waals surface area contributed by atoms with Gasteiger partial charge in [-0.15, -0.1) is 0 Å². The number of rotatable bonds is 19. The van der Waals surface area contributed by atoms with E-state index >= 15 is 0 Å². The Morgan fingerprint density at radius 3 is 1.78 bits per heavy atom. The van der Waals surface area contributed by atoms with Gasteiger partial charge in [-0.3, -0.25) is 9.59 Å². The Morgan fingerprint density at radius 2 is 1.19 bits per heavy atom. The summed E-state index contributed by atoms with van der Waals surface area (Å²) in [4.78, 5) is 25.1. The van der Waals surface area contributed by atoms with Crippen LogP contribution in [0.5, 0.6) is 11.5 Å². The molecule has 0 aliphatic carbocycles. The molecule has 4 heteroatoms. The van der Waals surface area contributed by atoms with Crippen LogP contribution in [0.4, 0.5) is 0 Å². The van der Waals surface area contributed by atoms with Crippen LogP contribution in [0.25, 0.3) is 0 Å². The van der Waals surface area contributed by atoms with Crippen LogP contribution in [-0.2, 0) is 9.59 Å². The molecular formula is C28H46O4. The number of ether oxygens (including phenoxy) is 2. The summed E-state index contributed by atoms with van der Waals surface area (Å²) in [6.07, 6.45) is 17.0. The highest BCUT2D eigenvalue weighted by atomic mass is 16.6. The van der Waals surface area contributed by atoms with E-state index in [1.165, 1.54) is 51.4 Å². The van der Waals surface area contributed by atoms with Crippen molar-refractivity contribution in [1.82, 2.24) is 0 Å². The van der Waals surface area contributed by atoms with Gasteiger partial charge < -0.3 is 9.47 Å². The van der Waals surface area contributed by atoms with Crippen molar-refractivity contribution >= 4 is 11.9 Å². The molecule has 0 aromatic heterocycles. The van der Waals surface area contributed by atoms with Crippen molar-refractivity contribution in [2.24, 2.45) is 5.92 Å². The summed E-state index contributed by atoms with van der Waals surface area (Å²) in [5.74, 6) is 0.114. The number of esters is 2. The Balaban J connectivity index is 2.50. The smallest absolute Gasteiger partial charge is 0.314 e. The molecule has 1 aromatic rings. The molecule has 182 valence electrons. The number of para-hydroxylation sites is 2. The van der Waals surface area contributed by atoms with E-state index in [0.717, 1.165) is 44.9 Å². The molecular weight excluding hydrogens is 400 g/mol. The van der Waals surface area contributed by atoms with Crippen LogP contribution in [0, 0.1) is 5.92 Å². The van der Waals surface area contributed by atoms with Crippen LogP contribution >= 0.6 is 0 Å². The lowest BCUT2D eigenvalue weighted by atomic mass is 9.96. The summed E-state index contributed by atoms with van der Waals surface area (Å²) < 4.78 is 11.2. The Kier molecular flexibility index (Phi) is 16.5. The molecule has 0 aliphatic heterocycles. The van der Waals surface area contributed by atoms with E-state index in [2.05, 4.69) is 20.8 Å². The zero-order valence-electron chi connectivity index (χ0n) is 20.8. The minimum atomic E-state index is -0.261. The molecule has 0 aliphatic rings. The first-order valence-electron chi connectivity index (χ1n) is 13.1. The molecule has 0 saturated heterocycles. The number of carbonyl (C=O) groups excluding carboxylic acids is 2. The van der Waals surface area contributed by atoms with Gasteiger partial charge in [-0.05, 0) is 31.4 Å². The fraction of sp³-hybridized carbons (Fsp3) is 0.714. The van der Waals surface area contributed by atoms with E-state index in [1.807, 2.05) is 0 Å². The van der Waals surface area contributed by atoms with Gasteiger partial charge in [0.05, 0.1) is 5.92 Å². The van der Waals surface area contributed by atoms with Gasteiger partial charge in [-0.2, -0.15) is 0 Å².